The van der Waals surface area contributed by atoms with E-state index in [-0.39, 0.29) is 22.9 Å². The maximum absolute atomic E-state index is 13.0. The third-order valence-electron chi connectivity index (χ3n) is 7.49. The normalized spacial score (nSPS) is 51.0. The minimum Gasteiger partial charge on any atom is -0.389 e. The molecule has 0 aromatic carbocycles. The van der Waals surface area contributed by atoms with Gasteiger partial charge in [-0.3, -0.25) is 9.59 Å². The molecule has 120 valence electrons. The van der Waals surface area contributed by atoms with E-state index >= 15 is 0 Å². The number of hydrogen-bond acceptors (Lipinski definition) is 3. The van der Waals surface area contributed by atoms with Gasteiger partial charge in [0.25, 0.3) is 0 Å². The first-order chi connectivity index (χ1) is 10.4. The topological polar surface area (TPSA) is 54.4 Å². The van der Waals surface area contributed by atoms with E-state index in [2.05, 4.69) is 6.92 Å². The number of allylic oxidation sites excluding steroid dienone is 1. The summed E-state index contributed by atoms with van der Waals surface area (Å²) in [6.07, 6.45) is 7.43. The van der Waals surface area contributed by atoms with Gasteiger partial charge in [-0.25, -0.2) is 0 Å². The van der Waals surface area contributed by atoms with Crippen molar-refractivity contribution in [3.63, 3.8) is 0 Å². The molecule has 0 radical (unpaired) electrons. The Balaban J connectivity index is 1.76. The number of carbonyl (C=O) groups excluding carboxylic acids is 2. The van der Waals surface area contributed by atoms with Crippen molar-refractivity contribution in [1.29, 1.82) is 0 Å². The Morgan fingerprint density at radius 3 is 2.64 bits per heavy atom. The first-order valence-electron chi connectivity index (χ1n) is 8.81. The van der Waals surface area contributed by atoms with Crippen molar-refractivity contribution in [2.75, 3.05) is 0 Å². The van der Waals surface area contributed by atoms with Crippen LogP contribution in [0.4, 0.5) is 0 Å². The van der Waals surface area contributed by atoms with Crippen LogP contribution < -0.4 is 0 Å². The molecule has 0 amide bonds. The molecule has 0 bridgehead atoms. The lowest BCUT2D eigenvalue weighted by atomic mass is 9.47. The number of hydrogen-bond donors (Lipinski definition) is 1. The molecule has 0 heterocycles. The van der Waals surface area contributed by atoms with E-state index in [0.717, 1.165) is 32.1 Å². The second-order valence-electron chi connectivity index (χ2n) is 8.52. The van der Waals surface area contributed by atoms with Gasteiger partial charge < -0.3 is 5.11 Å². The largest absolute Gasteiger partial charge is 0.389 e. The van der Waals surface area contributed by atoms with Crippen molar-refractivity contribution in [2.24, 2.45) is 28.6 Å². The molecule has 0 aliphatic heterocycles. The highest BCUT2D eigenvalue weighted by Gasteiger charge is 2.62. The van der Waals surface area contributed by atoms with Gasteiger partial charge in [-0.1, -0.05) is 25.5 Å². The predicted molar refractivity (Wildman–Crippen MR) is 83.1 cm³/mol. The number of fused-ring (bicyclic) bond motifs is 5. The van der Waals surface area contributed by atoms with Crippen LogP contribution in [0.15, 0.2) is 11.6 Å². The average Bonchev–Trinajstić information content (AvgIpc) is 2.75. The molecular formula is C19H26O3. The third-order valence-corrected chi connectivity index (χ3v) is 7.49. The Kier molecular flexibility index (Phi) is 3.01. The van der Waals surface area contributed by atoms with Gasteiger partial charge in [0.05, 0.1) is 6.10 Å². The zero-order valence-electron chi connectivity index (χ0n) is 13.6. The van der Waals surface area contributed by atoms with Gasteiger partial charge in [0.15, 0.2) is 0 Å². The van der Waals surface area contributed by atoms with Gasteiger partial charge in [0.1, 0.15) is 11.6 Å². The van der Waals surface area contributed by atoms with Crippen LogP contribution >= 0.6 is 0 Å². The molecule has 4 aliphatic carbocycles. The summed E-state index contributed by atoms with van der Waals surface area (Å²) in [5.74, 6) is 1.46. The van der Waals surface area contributed by atoms with Crippen molar-refractivity contribution < 1.29 is 14.7 Å². The van der Waals surface area contributed by atoms with E-state index in [4.69, 9.17) is 0 Å². The van der Waals surface area contributed by atoms with E-state index in [9.17, 15) is 14.7 Å². The molecule has 3 nitrogen and oxygen atoms in total. The number of aliphatic hydroxyl groups is 1. The summed E-state index contributed by atoms with van der Waals surface area (Å²) in [5, 5.41) is 9.94. The standard InChI is InChI=1S/C19H26O3/c1-18-8-7-12(20)9-11(18)3-4-13-14-5-6-16(22)19(14,2)10-15(21)17(13)18/h9,12-14,17,20H,3-8,10H2,1-2H3/t12?,13-,14-,17-,18-,19-/m0/s1. The van der Waals surface area contributed by atoms with Gasteiger partial charge in [-0.15, -0.1) is 0 Å². The quantitative estimate of drug-likeness (QED) is 0.700. The van der Waals surface area contributed by atoms with Crippen molar-refractivity contribution >= 4 is 11.6 Å². The second kappa shape index (κ2) is 4.53. The van der Waals surface area contributed by atoms with Crippen LogP contribution in [0.1, 0.15) is 58.8 Å². The monoisotopic (exact) mass is 302 g/mol. The Bertz CT molecular complexity index is 577. The zero-order chi connectivity index (χ0) is 15.7. The first kappa shape index (κ1) is 14.6. The summed E-state index contributed by atoms with van der Waals surface area (Å²) in [6.45, 7) is 4.28. The molecular weight excluding hydrogens is 276 g/mol. The van der Waals surface area contributed by atoms with Crippen LogP contribution in [0.25, 0.3) is 0 Å². The fourth-order valence-electron chi connectivity index (χ4n) is 6.31. The summed E-state index contributed by atoms with van der Waals surface area (Å²) in [7, 11) is 0. The summed E-state index contributed by atoms with van der Waals surface area (Å²) in [6, 6.07) is 0. The molecule has 4 aliphatic rings. The fourth-order valence-corrected chi connectivity index (χ4v) is 6.31. The SMILES string of the molecule is C[C@]12CCC(O)C=C1CC[C@@H]1[C@H]2C(=O)C[C@]2(C)C(=O)CC[C@@H]12. The number of Topliss-reactive ketones (excluding diaryl/α,β-unsaturated/α-hetero) is 2. The van der Waals surface area contributed by atoms with Crippen molar-refractivity contribution in [3.05, 3.63) is 11.6 Å². The first-order valence-corrected chi connectivity index (χ1v) is 8.81. The van der Waals surface area contributed by atoms with Crippen LogP contribution in [0, 0.1) is 28.6 Å². The lowest BCUT2D eigenvalue weighted by molar-refractivity contribution is -0.149. The van der Waals surface area contributed by atoms with Crippen molar-refractivity contribution in [1.82, 2.24) is 0 Å². The molecule has 6 atom stereocenters. The number of rotatable bonds is 0. The van der Waals surface area contributed by atoms with E-state index in [0.29, 0.717) is 36.2 Å². The van der Waals surface area contributed by atoms with Crippen molar-refractivity contribution in [3.8, 4) is 0 Å². The van der Waals surface area contributed by atoms with E-state index in [1.807, 2.05) is 13.0 Å². The molecule has 3 fully saturated rings. The van der Waals surface area contributed by atoms with Gasteiger partial charge in [0.2, 0.25) is 0 Å². The number of aliphatic hydroxyl groups excluding tert-OH is 1. The fraction of sp³-hybridized carbons (Fsp3) is 0.789. The molecule has 0 saturated heterocycles. The minimum atomic E-state index is -0.385. The average molecular weight is 302 g/mol. The maximum Gasteiger partial charge on any atom is 0.139 e. The molecule has 1 unspecified atom stereocenters. The van der Waals surface area contributed by atoms with Crippen molar-refractivity contribution in [2.45, 2.75) is 64.9 Å². The molecule has 0 spiro atoms. The smallest absolute Gasteiger partial charge is 0.139 e. The van der Waals surface area contributed by atoms with Gasteiger partial charge in [-0.2, -0.15) is 0 Å². The number of carbonyl (C=O) groups is 2. The molecule has 3 saturated carbocycles. The predicted octanol–water partition coefficient (Wildman–Crippen LogP) is 3.06. The highest BCUT2D eigenvalue weighted by Crippen LogP contribution is 2.63. The molecule has 22 heavy (non-hydrogen) atoms. The highest BCUT2D eigenvalue weighted by molar-refractivity contribution is 5.95. The summed E-state index contributed by atoms with van der Waals surface area (Å²) >= 11 is 0. The minimum absolute atomic E-state index is 0.0731. The Morgan fingerprint density at radius 1 is 1.09 bits per heavy atom. The van der Waals surface area contributed by atoms with Crippen LogP contribution in [0.2, 0.25) is 0 Å². The van der Waals surface area contributed by atoms with Gasteiger partial charge in [0, 0.05) is 24.2 Å². The molecule has 0 aromatic rings. The second-order valence-corrected chi connectivity index (χ2v) is 8.52. The Morgan fingerprint density at radius 2 is 1.86 bits per heavy atom. The Labute approximate surface area is 132 Å². The highest BCUT2D eigenvalue weighted by atomic mass is 16.3. The van der Waals surface area contributed by atoms with Gasteiger partial charge >= 0.3 is 0 Å². The number of ketones is 2. The summed E-state index contributed by atoms with van der Waals surface area (Å²) in [4.78, 5) is 25.4. The van der Waals surface area contributed by atoms with Gasteiger partial charge in [-0.05, 0) is 49.4 Å². The molecule has 4 rings (SSSR count). The van der Waals surface area contributed by atoms with E-state index in [1.165, 1.54) is 5.57 Å². The lowest BCUT2D eigenvalue weighted by Crippen LogP contribution is -2.55. The third kappa shape index (κ3) is 1.72. The molecule has 3 heteroatoms. The van der Waals surface area contributed by atoms with Crippen LogP contribution in [0.5, 0.6) is 0 Å². The van der Waals surface area contributed by atoms with Crippen LogP contribution in [0.3, 0.4) is 0 Å². The zero-order valence-corrected chi connectivity index (χ0v) is 13.6. The van der Waals surface area contributed by atoms with Crippen LogP contribution in [-0.2, 0) is 9.59 Å². The Hall–Kier alpha value is -0.960. The van der Waals surface area contributed by atoms with E-state index < -0.39 is 0 Å². The molecule has 1 N–H and O–H groups in total. The van der Waals surface area contributed by atoms with Crippen LogP contribution in [-0.4, -0.2) is 22.8 Å². The maximum atomic E-state index is 13.0. The molecule has 0 aromatic heterocycles. The summed E-state index contributed by atoms with van der Waals surface area (Å²) in [5.41, 5.74) is 0.838. The summed E-state index contributed by atoms with van der Waals surface area (Å²) < 4.78 is 0. The lowest BCUT2D eigenvalue weighted by Gasteiger charge is -2.56. The van der Waals surface area contributed by atoms with E-state index in [1.54, 1.807) is 0 Å².